The van der Waals surface area contributed by atoms with Gasteiger partial charge in [-0.05, 0) is 38.1 Å². The lowest BCUT2D eigenvalue weighted by atomic mass is 10.1. The van der Waals surface area contributed by atoms with E-state index < -0.39 is 0 Å². The molecular formula is C15H19NO3. The maximum absolute atomic E-state index is 9.90. The van der Waals surface area contributed by atoms with Crippen molar-refractivity contribution < 1.29 is 14.3 Å². The van der Waals surface area contributed by atoms with Crippen molar-refractivity contribution in [1.82, 2.24) is 5.32 Å². The van der Waals surface area contributed by atoms with Gasteiger partial charge in [-0.25, -0.2) is 0 Å². The summed E-state index contributed by atoms with van der Waals surface area (Å²) in [5.74, 6) is 1.92. The highest BCUT2D eigenvalue weighted by Gasteiger charge is 2.12. The highest BCUT2D eigenvalue weighted by atomic mass is 16.5. The Kier molecular flexibility index (Phi) is 4.12. The van der Waals surface area contributed by atoms with Crippen molar-refractivity contribution in [3.05, 3.63) is 47.4 Å². The van der Waals surface area contributed by atoms with Crippen LogP contribution in [0.25, 0.3) is 0 Å². The van der Waals surface area contributed by atoms with Gasteiger partial charge in [-0.1, -0.05) is 0 Å². The molecule has 19 heavy (non-hydrogen) atoms. The molecule has 0 aliphatic heterocycles. The van der Waals surface area contributed by atoms with Crippen LogP contribution in [0, 0.1) is 6.92 Å². The summed E-state index contributed by atoms with van der Waals surface area (Å²) in [6, 6.07) is 7.20. The number of rotatable bonds is 5. The molecule has 0 saturated heterocycles. The Bertz CT molecular complexity index is 548. The van der Waals surface area contributed by atoms with E-state index in [2.05, 4.69) is 5.32 Å². The summed E-state index contributed by atoms with van der Waals surface area (Å²) in [5.41, 5.74) is 1.94. The first-order chi connectivity index (χ1) is 9.11. The number of benzene rings is 1. The number of ether oxygens (including phenoxy) is 1. The van der Waals surface area contributed by atoms with Crippen LogP contribution in [0.4, 0.5) is 0 Å². The molecule has 4 heteroatoms. The molecule has 0 fully saturated rings. The minimum absolute atomic E-state index is 0.0180. The molecule has 0 bridgehead atoms. The van der Waals surface area contributed by atoms with Crippen LogP contribution in [0.5, 0.6) is 11.5 Å². The first kappa shape index (κ1) is 13.5. The normalized spacial score (nSPS) is 12.4. The predicted molar refractivity (Wildman–Crippen MR) is 73.4 cm³/mol. The number of aryl methyl sites for hydroxylation is 1. The predicted octanol–water partition coefficient (Wildman–Crippen LogP) is 3.15. The van der Waals surface area contributed by atoms with Crippen molar-refractivity contribution in [3.63, 3.8) is 0 Å². The van der Waals surface area contributed by atoms with E-state index in [-0.39, 0.29) is 11.8 Å². The van der Waals surface area contributed by atoms with Crippen molar-refractivity contribution in [3.8, 4) is 11.5 Å². The molecule has 0 amide bonds. The number of aromatic hydroxyl groups is 1. The zero-order valence-electron chi connectivity index (χ0n) is 11.4. The van der Waals surface area contributed by atoms with E-state index in [1.165, 1.54) is 0 Å². The average Bonchev–Trinajstić information content (AvgIpc) is 2.82. The molecule has 4 nitrogen and oxygen atoms in total. The van der Waals surface area contributed by atoms with Crippen molar-refractivity contribution in [1.29, 1.82) is 0 Å². The fourth-order valence-electron chi connectivity index (χ4n) is 1.97. The maximum atomic E-state index is 9.90. The first-order valence-corrected chi connectivity index (χ1v) is 6.25. The molecule has 0 spiro atoms. The second-order valence-corrected chi connectivity index (χ2v) is 4.53. The SMILES string of the molecule is COc1ccc(O)c(C(C)NCc2ccoc2C)c1. The lowest BCUT2D eigenvalue weighted by Crippen LogP contribution is -2.18. The number of hydrogen-bond acceptors (Lipinski definition) is 4. The molecule has 102 valence electrons. The van der Waals surface area contributed by atoms with E-state index in [1.54, 1.807) is 25.5 Å². The van der Waals surface area contributed by atoms with E-state index in [0.29, 0.717) is 6.54 Å². The molecule has 0 saturated carbocycles. The smallest absolute Gasteiger partial charge is 0.120 e. The molecule has 1 heterocycles. The Morgan fingerprint density at radius 3 is 2.79 bits per heavy atom. The molecule has 2 aromatic rings. The van der Waals surface area contributed by atoms with E-state index in [4.69, 9.17) is 9.15 Å². The van der Waals surface area contributed by atoms with Crippen LogP contribution in [0.15, 0.2) is 34.9 Å². The van der Waals surface area contributed by atoms with Gasteiger partial charge in [-0.15, -0.1) is 0 Å². The summed E-state index contributed by atoms with van der Waals surface area (Å²) < 4.78 is 10.4. The number of phenolic OH excluding ortho intramolecular Hbond substituents is 1. The van der Waals surface area contributed by atoms with E-state index >= 15 is 0 Å². The molecule has 0 aliphatic rings. The van der Waals surface area contributed by atoms with Crippen LogP contribution >= 0.6 is 0 Å². The van der Waals surface area contributed by atoms with Gasteiger partial charge in [-0.2, -0.15) is 0 Å². The number of furan rings is 1. The van der Waals surface area contributed by atoms with Gasteiger partial charge in [0.25, 0.3) is 0 Å². The summed E-state index contributed by atoms with van der Waals surface area (Å²) in [5, 5.41) is 13.3. The van der Waals surface area contributed by atoms with Crippen LogP contribution in [-0.2, 0) is 6.54 Å². The third kappa shape index (κ3) is 3.09. The minimum Gasteiger partial charge on any atom is -0.508 e. The van der Waals surface area contributed by atoms with Gasteiger partial charge < -0.3 is 19.6 Å². The number of hydrogen-bond donors (Lipinski definition) is 2. The van der Waals surface area contributed by atoms with Gasteiger partial charge in [-0.3, -0.25) is 0 Å². The molecule has 0 aliphatic carbocycles. The highest BCUT2D eigenvalue weighted by Crippen LogP contribution is 2.28. The molecule has 1 unspecified atom stereocenters. The Morgan fingerprint density at radius 2 is 2.16 bits per heavy atom. The van der Waals surface area contributed by atoms with Crippen LogP contribution in [0.3, 0.4) is 0 Å². The van der Waals surface area contributed by atoms with E-state index in [9.17, 15) is 5.11 Å². The number of methoxy groups -OCH3 is 1. The summed E-state index contributed by atoms with van der Waals surface area (Å²) >= 11 is 0. The highest BCUT2D eigenvalue weighted by molar-refractivity contribution is 5.41. The lowest BCUT2D eigenvalue weighted by molar-refractivity contribution is 0.407. The largest absolute Gasteiger partial charge is 0.508 e. The van der Waals surface area contributed by atoms with Gasteiger partial charge in [0.1, 0.15) is 17.3 Å². The Hall–Kier alpha value is -1.94. The fraction of sp³-hybridized carbons (Fsp3) is 0.333. The molecule has 1 aromatic carbocycles. The van der Waals surface area contributed by atoms with Crippen molar-refractivity contribution >= 4 is 0 Å². The number of nitrogens with one attached hydrogen (secondary N) is 1. The number of phenols is 1. The summed E-state index contributed by atoms with van der Waals surface area (Å²) in [7, 11) is 1.61. The van der Waals surface area contributed by atoms with Gasteiger partial charge in [0.15, 0.2) is 0 Å². The van der Waals surface area contributed by atoms with Gasteiger partial charge in [0.05, 0.1) is 13.4 Å². The van der Waals surface area contributed by atoms with Crippen LogP contribution < -0.4 is 10.1 Å². The lowest BCUT2D eigenvalue weighted by Gasteiger charge is -2.16. The zero-order chi connectivity index (χ0) is 13.8. The minimum atomic E-state index is 0.0180. The molecular weight excluding hydrogens is 242 g/mol. The second kappa shape index (κ2) is 5.80. The topological polar surface area (TPSA) is 54.6 Å². The monoisotopic (exact) mass is 261 g/mol. The first-order valence-electron chi connectivity index (χ1n) is 6.25. The third-order valence-corrected chi connectivity index (χ3v) is 3.27. The average molecular weight is 261 g/mol. The summed E-state index contributed by atoms with van der Waals surface area (Å²) in [6.45, 7) is 4.63. The maximum Gasteiger partial charge on any atom is 0.120 e. The van der Waals surface area contributed by atoms with Crippen LogP contribution in [0.1, 0.15) is 29.9 Å². The molecule has 0 radical (unpaired) electrons. The van der Waals surface area contributed by atoms with Crippen molar-refractivity contribution in [2.75, 3.05) is 7.11 Å². The van der Waals surface area contributed by atoms with Crippen LogP contribution in [-0.4, -0.2) is 12.2 Å². The molecule has 2 rings (SSSR count). The molecule has 1 aromatic heterocycles. The second-order valence-electron chi connectivity index (χ2n) is 4.53. The zero-order valence-corrected chi connectivity index (χ0v) is 11.4. The Labute approximate surface area is 113 Å². The van der Waals surface area contributed by atoms with Gasteiger partial charge in [0.2, 0.25) is 0 Å². The van der Waals surface area contributed by atoms with Gasteiger partial charge in [0, 0.05) is 23.7 Å². The Balaban J connectivity index is 2.07. The molecule has 1 atom stereocenters. The van der Waals surface area contributed by atoms with Crippen molar-refractivity contribution in [2.24, 2.45) is 0 Å². The Morgan fingerprint density at radius 1 is 1.37 bits per heavy atom. The standard InChI is InChI=1S/C15H19NO3/c1-10(16-9-12-6-7-19-11(12)2)14-8-13(18-3)4-5-15(14)17/h4-8,10,16-17H,9H2,1-3H3. The summed E-state index contributed by atoms with van der Waals surface area (Å²) in [6.07, 6.45) is 1.68. The quantitative estimate of drug-likeness (QED) is 0.868. The van der Waals surface area contributed by atoms with E-state index in [0.717, 1.165) is 22.6 Å². The van der Waals surface area contributed by atoms with Crippen molar-refractivity contribution in [2.45, 2.75) is 26.4 Å². The van der Waals surface area contributed by atoms with Crippen LogP contribution in [0.2, 0.25) is 0 Å². The molecule has 2 N–H and O–H groups in total. The fourth-order valence-corrected chi connectivity index (χ4v) is 1.97. The summed E-state index contributed by atoms with van der Waals surface area (Å²) in [4.78, 5) is 0. The van der Waals surface area contributed by atoms with Gasteiger partial charge >= 0.3 is 0 Å². The third-order valence-electron chi connectivity index (χ3n) is 3.27. The van der Waals surface area contributed by atoms with E-state index in [1.807, 2.05) is 26.0 Å².